The zero-order valence-electron chi connectivity index (χ0n) is 6.68. The Hall–Kier alpha value is -0.0938. The number of hydrogen-bond acceptors (Lipinski definition) is 2. The van der Waals surface area contributed by atoms with Crippen molar-refractivity contribution in [3.8, 4) is 0 Å². The summed E-state index contributed by atoms with van der Waals surface area (Å²) in [6.07, 6.45) is -0.361. The predicted octanol–water partition coefficient (Wildman–Crippen LogP) is -0.106. The van der Waals surface area contributed by atoms with Crippen LogP contribution in [0.1, 0.15) is 16.2 Å². The summed E-state index contributed by atoms with van der Waals surface area (Å²) < 4.78 is 0. The summed E-state index contributed by atoms with van der Waals surface area (Å²) in [5.74, 6) is -1.37. The molecule has 0 aliphatic heterocycles. The van der Waals surface area contributed by atoms with Gasteiger partial charge in [0, 0.05) is 0 Å². The van der Waals surface area contributed by atoms with E-state index in [1.807, 2.05) is 0 Å². The molecule has 0 radical (unpaired) electrons. The molecule has 1 N–H and O–H groups in total. The quantitative estimate of drug-likeness (QED) is 0.417. The first-order valence-electron chi connectivity index (χ1n) is 1.84. The van der Waals surface area contributed by atoms with Crippen LogP contribution >= 0.6 is 0 Å². The fourth-order valence-corrected chi connectivity index (χ4v) is 0.213. The van der Waals surface area contributed by atoms with Gasteiger partial charge in [-0.15, -0.1) is 0 Å². The van der Waals surface area contributed by atoms with Crippen LogP contribution in [0.25, 0.3) is 0 Å². The molecule has 0 aliphatic carbocycles. The van der Waals surface area contributed by atoms with E-state index in [0.717, 1.165) is 0 Å². The standard InChI is InChI=1S/C4H6O3.Mg.2H/c1-3(5)2-4(6)7;;;/h2H2,1H3,(H,6,7);;;/q;+2;2*-1. The second kappa shape index (κ2) is 5.05. The van der Waals surface area contributed by atoms with Gasteiger partial charge in [0.1, 0.15) is 12.2 Å². The van der Waals surface area contributed by atoms with E-state index in [1.54, 1.807) is 0 Å². The molecule has 8 heavy (non-hydrogen) atoms. The number of carbonyl (C=O) groups excluding carboxylic acids is 1. The van der Waals surface area contributed by atoms with E-state index in [-0.39, 0.29) is 38.1 Å². The molecule has 0 fully saturated rings. The largest absolute Gasteiger partial charge is 2.00 e. The van der Waals surface area contributed by atoms with Crippen LogP contribution in [-0.2, 0) is 9.59 Å². The first kappa shape index (κ1) is 10.8. The number of aliphatic carboxylic acids is 1. The van der Waals surface area contributed by atoms with E-state index in [4.69, 9.17) is 5.11 Å². The van der Waals surface area contributed by atoms with Gasteiger partial charge < -0.3 is 7.96 Å². The van der Waals surface area contributed by atoms with Crippen molar-refractivity contribution < 1.29 is 17.5 Å². The molecule has 0 aromatic carbocycles. The van der Waals surface area contributed by atoms with Crippen molar-refractivity contribution in [2.75, 3.05) is 0 Å². The Balaban J connectivity index is -0.0000000600. The minimum absolute atomic E-state index is 0. The Bertz CT molecular complexity index is 94.7. The molecule has 0 rings (SSSR count). The van der Waals surface area contributed by atoms with Crippen molar-refractivity contribution in [1.82, 2.24) is 0 Å². The van der Waals surface area contributed by atoms with Crippen LogP contribution in [0.5, 0.6) is 0 Å². The second-order valence-corrected chi connectivity index (χ2v) is 1.27. The molecule has 0 unspecified atom stereocenters. The van der Waals surface area contributed by atoms with Crippen molar-refractivity contribution >= 4 is 34.8 Å². The minimum atomic E-state index is -1.06. The topological polar surface area (TPSA) is 54.4 Å². The smallest absolute Gasteiger partial charge is 1.00 e. The molecule has 0 heterocycles. The maximum atomic E-state index is 9.87. The van der Waals surface area contributed by atoms with Gasteiger partial charge in [0.15, 0.2) is 0 Å². The maximum Gasteiger partial charge on any atom is 2.00 e. The molecule has 0 saturated heterocycles. The zero-order valence-corrected chi connectivity index (χ0v) is 6.09. The molecule has 0 bridgehead atoms. The van der Waals surface area contributed by atoms with E-state index in [1.165, 1.54) is 6.92 Å². The van der Waals surface area contributed by atoms with Gasteiger partial charge in [0.25, 0.3) is 0 Å². The summed E-state index contributed by atoms with van der Waals surface area (Å²) in [5.41, 5.74) is 0. The molecule has 0 aromatic rings. The monoisotopic (exact) mass is 128 g/mol. The molecule has 0 aromatic heterocycles. The van der Waals surface area contributed by atoms with Gasteiger partial charge in [-0.3, -0.25) is 9.59 Å². The van der Waals surface area contributed by atoms with Gasteiger partial charge in [-0.1, -0.05) is 0 Å². The van der Waals surface area contributed by atoms with Gasteiger partial charge in [0.2, 0.25) is 0 Å². The number of rotatable bonds is 2. The Labute approximate surface area is 66.2 Å². The average molecular weight is 128 g/mol. The van der Waals surface area contributed by atoms with E-state index in [9.17, 15) is 9.59 Å². The molecule has 0 saturated carbocycles. The molecule has 0 spiro atoms. The van der Waals surface area contributed by atoms with Gasteiger partial charge in [0.05, 0.1) is 0 Å². The van der Waals surface area contributed by atoms with Gasteiger partial charge >= 0.3 is 29.0 Å². The number of carboxylic acids is 1. The number of hydrogen-bond donors (Lipinski definition) is 1. The van der Waals surface area contributed by atoms with Crippen LogP contribution in [-0.4, -0.2) is 39.9 Å². The van der Waals surface area contributed by atoms with Crippen LogP contribution in [0.15, 0.2) is 0 Å². The first-order chi connectivity index (χ1) is 3.13. The maximum absolute atomic E-state index is 9.87. The van der Waals surface area contributed by atoms with Crippen LogP contribution < -0.4 is 0 Å². The number of ketones is 1. The average Bonchev–Trinajstić information content (AvgIpc) is 1.27. The van der Waals surface area contributed by atoms with E-state index >= 15 is 0 Å². The van der Waals surface area contributed by atoms with Crippen LogP contribution in [0.3, 0.4) is 0 Å². The third-order valence-electron chi connectivity index (χ3n) is 0.400. The molecule has 44 valence electrons. The summed E-state index contributed by atoms with van der Waals surface area (Å²) in [4.78, 5) is 19.5. The molecule has 4 heteroatoms. The van der Waals surface area contributed by atoms with Gasteiger partial charge in [-0.25, -0.2) is 0 Å². The van der Waals surface area contributed by atoms with Crippen molar-refractivity contribution in [3.05, 3.63) is 0 Å². The van der Waals surface area contributed by atoms with Crippen LogP contribution in [0.2, 0.25) is 0 Å². The third-order valence-corrected chi connectivity index (χ3v) is 0.400. The van der Waals surface area contributed by atoms with Crippen molar-refractivity contribution in [2.45, 2.75) is 13.3 Å². The number of carboxylic acid groups (broad SMARTS) is 1. The second-order valence-electron chi connectivity index (χ2n) is 1.27. The molecular formula is C4H8MgO3. The molecule has 0 atom stereocenters. The van der Waals surface area contributed by atoms with E-state index in [2.05, 4.69) is 0 Å². The Kier molecular flexibility index (Phi) is 6.83. The number of Topliss-reactive ketones (excluding diaryl/α,β-unsaturated/α-hetero) is 1. The molecule has 0 aliphatic rings. The van der Waals surface area contributed by atoms with Gasteiger partial charge in [-0.05, 0) is 6.92 Å². The minimum Gasteiger partial charge on any atom is -1.00 e. The molecular weight excluding hydrogens is 120 g/mol. The SMILES string of the molecule is CC(=O)CC(=O)O.[H-].[H-].[Mg+2]. The number of carbonyl (C=O) groups is 2. The summed E-state index contributed by atoms with van der Waals surface area (Å²) in [5, 5.41) is 7.86. The normalized spacial score (nSPS) is 7.12. The third kappa shape index (κ3) is 9.32. The predicted molar refractivity (Wildman–Crippen MR) is 30.9 cm³/mol. The Morgan fingerprint density at radius 3 is 2.00 bits per heavy atom. The van der Waals surface area contributed by atoms with Crippen LogP contribution in [0, 0.1) is 0 Å². The van der Waals surface area contributed by atoms with Gasteiger partial charge in [-0.2, -0.15) is 0 Å². The summed E-state index contributed by atoms with van der Waals surface area (Å²) >= 11 is 0. The van der Waals surface area contributed by atoms with Crippen molar-refractivity contribution in [3.63, 3.8) is 0 Å². The Morgan fingerprint density at radius 1 is 1.62 bits per heavy atom. The Morgan fingerprint density at radius 2 is 2.00 bits per heavy atom. The van der Waals surface area contributed by atoms with Crippen molar-refractivity contribution in [1.29, 1.82) is 0 Å². The van der Waals surface area contributed by atoms with Crippen molar-refractivity contribution in [2.24, 2.45) is 0 Å². The fraction of sp³-hybridized carbons (Fsp3) is 0.500. The van der Waals surface area contributed by atoms with E-state index < -0.39 is 5.97 Å². The summed E-state index contributed by atoms with van der Waals surface area (Å²) in [7, 11) is 0. The molecule has 3 nitrogen and oxygen atoms in total. The van der Waals surface area contributed by atoms with E-state index in [0.29, 0.717) is 0 Å². The van der Waals surface area contributed by atoms with Crippen LogP contribution in [0.4, 0.5) is 0 Å². The first-order valence-corrected chi connectivity index (χ1v) is 1.84. The fourth-order valence-electron chi connectivity index (χ4n) is 0.213. The summed E-state index contributed by atoms with van der Waals surface area (Å²) in [6.45, 7) is 1.24. The zero-order chi connectivity index (χ0) is 5.86. The molecule has 0 amide bonds. The summed E-state index contributed by atoms with van der Waals surface area (Å²) in [6, 6.07) is 0.